The van der Waals surface area contributed by atoms with Crippen LogP contribution in [0.1, 0.15) is 11.1 Å². The fourth-order valence-electron chi connectivity index (χ4n) is 2.19. The van der Waals surface area contributed by atoms with Crippen LogP contribution in [-0.2, 0) is 0 Å². The van der Waals surface area contributed by atoms with Crippen LogP contribution >= 0.6 is 15.9 Å². The van der Waals surface area contributed by atoms with Crippen molar-refractivity contribution < 1.29 is 0 Å². The fourth-order valence-corrected chi connectivity index (χ4v) is 2.42. The molecule has 0 saturated carbocycles. The van der Waals surface area contributed by atoms with Gasteiger partial charge in [-0.05, 0) is 37.1 Å². The van der Waals surface area contributed by atoms with Crippen molar-refractivity contribution in [3.05, 3.63) is 34.1 Å². The van der Waals surface area contributed by atoms with E-state index in [9.17, 15) is 0 Å². The normalized spacial score (nSPS) is 10.9. The summed E-state index contributed by atoms with van der Waals surface area (Å²) in [6.07, 6.45) is 1.61. The van der Waals surface area contributed by atoms with Crippen molar-refractivity contribution in [2.24, 2.45) is 0 Å². The van der Waals surface area contributed by atoms with Crippen LogP contribution in [0.2, 0.25) is 0 Å². The zero-order valence-corrected chi connectivity index (χ0v) is 13.5. The van der Waals surface area contributed by atoms with Crippen molar-refractivity contribution in [1.82, 2.24) is 19.9 Å². The molecule has 108 valence electrons. The number of nitrogens with one attached hydrogen (secondary N) is 3. The number of aromatic nitrogens is 4. The maximum absolute atomic E-state index is 4.45. The lowest BCUT2D eigenvalue weighted by molar-refractivity contribution is 1.18. The average Bonchev–Trinajstić information content (AvgIpc) is 2.93. The van der Waals surface area contributed by atoms with E-state index >= 15 is 0 Å². The third-order valence-corrected chi connectivity index (χ3v) is 4.46. The monoisotopic (exact) mass is 346 g/mol. The van der Waals surface area contributed by atoms with Crippen molar-refractivity contribution in [2.45, 2.75) is 13.8 Å². The third kappa shape index (κ3) is 2.56. The second kappa shape index (κ2) is 5.33. The van der Waals surface area contributed by atoms with Crippen molar-refractivity contribution in [3.8, 4) is 0 Å². The van der Waals surface area contributed by atoms with Gasteiger partial charge in [0.2, 0.25) is 5.95 Å². The molecule has 21 heavy (non-hydrogen) atoms. The lowest BCUT2D eigenvalue weighted by Gasteiger charge is -2.11. The Morgan fingerprint density at radius 1 is 1.14 bits per heavy atom. The first-order chi connectivity index (χ1) is 10.1. The van der Waals surface area contributed by atoms with Crippen LogP contribution in [0.25, 0.3) is 11.2 Å². The number of hydrogen-bond donors (Lipinski definition) is 3. The Morgan fingerprint density at radius 3 is 2.52 bits per heavy atom. The van der Waals surface area contributed by atoms with Gasteiger partial charge in [0.25, 0.3) is 0 Å². The number of hydrogen-bond acceptors (Lipinski definition) is 5. The highest BCUT2D eigenvalue weighted by Gasteiger charge is 2.10. The van der Waals surface area contributed by atoms with E-state index in [-0.39, 0.29) is 0 Å². The summed E-state index contributed by atoms with van der Waals surface area (Å²) in [5.41, 5.74) is 4.72. The van der Waals surface area contributed by atoms with E-state index in [2.05, 4.69) is 72.5 Å². The van der Waals surface area contributed by atoms with E-state index in [0.29, 0.717) is 17.4 Å². The summed E-state index contributed by atoms with van der Waals surface area (Å²) >= 11 is 3.58. The highest BCUT2D eigenvalue weighted by Crippen LogP contribution is 2.28. The molecule has 0 bridgehead atoms. The predicted molar refractivity (Wildman–Crippen MR) is 88.1 cm³/mol. The van der Waals surface area contributed by atoms with Crippen LogP contribution in [-0.4, -0.2) is 27.0 Å². The van der Waals surface area contributed by atoms with Gasteiger partial charge in [-0.2, -0.15) is 9.97 Å². The van der Waals surface area contributed by atoms with E-state index < -0.39 is 0 Å². The molecule has 3 N–H and O–H groups in total. The van der Waals surface area contributed by atoms with Gasteiger partial charge in [0.15, 0.2) is 11.5 Å². The van der Waals surface area contributed by atoms with E-state index in [1.54, 1.807) is 13.4 Å². The molecule has 2 heterocycles. The number of aromatic amines is 1. The molecule has 0 aliphatic rings. The first-order valence-electron chi connectivity index (χ1n) is 6.51. The van der Waals surface area contributed by atoms with E-state index in [0.717, 1.165) is 15.7 Å². The molecule has 3 rings (SSSR count). The molecule has 0 atom stereocenters. The molecule has 0 saturated heterocycles. The quantitative estimate of drug-likeness (QED) is 0.676. The van der Waals surface area contributed by atoms with Gasteiger partial charge in [0.05, 0.1) is 6.33 Å². The maximum Gasteiger partial charge on any atom is 0.226 e. The molecule has 0 amide bonds. The molecule has 0 radical (unpaired) electrons. The van der Waals surface area contributed by atoms with Crippen LogP contribution < -0.4 is 10.6 Å². The molecule has 7 heteroatoms. The second-order valence-electron chi connectivity index (χ2n) is 4.80. The molecular formula is C14H15BrN6. The van der Waals surface area contributed by atoms with Crippen molar-refractivity contribution in [1.29, 1.82) is 0 Å². The van der Waals surface area contributed by atoms with E-state index in [1.165, 1.54) is 11.1 Å². The number of aryl methyl sites for hydroxylation is 2. The number of rotatable bonds is 3. The largest absolute Gasteiger partial charge is 0.357 e. The summed E-state index contributed by atoms with van der Waals surface area (Å²) in [5, 5.41) is 6.28. The Hall–Kier alpha value is -2.15. The minimum Gasteiger partial charge on any atom is -0.357 e. The van der Waals surface area contributed by atoms with Gasteiger partial charge in [-0.25, -0.2) is 4.98 Å². The smallest absolute Gasteiger partial charge is 0.226 e. The van der Waals surface area contributed by atoms with Gasteiger partial charge in [-0.3, -0.25) is 0 Å². The van der Waals surface area contributed by atoms with Crippen LogP contribution in [0.15, 0.2) is 22.9 Å². The summed E-state index contributed by atoms with van der Waals surface area (Å²) in [6, 6.07) is 4.14. The molecule has 6 nitrogen and oxygen atoms in total. The Labute approximate surface area is 130 Å². The highest BCUT2D eigenvalue weighted by molar-refractivity contribution is 9.10. The van der Waals surface area contributed by atoms with Crippen molar-refractivity contribution >= 4 is 44.5 Å². The van der Waals surface area contributed by atoms with Gasteiger partial charge >= 0.3 is 0 Å². The van der Waals surface area contributed by atoms with Crippen LogP contribution in [0.3, 0.4) is 0 Å². The Balaban J connectivity index is 2.07. The third-order valence-electron chi connectivity index (χ3n) is 3.21. The molecule has 3 aromatic rings. The first-order valence-corrected chi connectivity index (χ1v) is 7.30. The molecule has 0 aliphatic carbocycles. The summed E-state index contributed by atoms with van der Waals surface area (Å²) in [5.74, 6) is 1.23. The van der Waals surface area contributed by atoms with Crippen LogP contribution in [0.5, 0.6) is 0 Å². The fraction of sp³-hybridized carbons (Fsp3) is 0.214. The number of H-pyrrole nitrogens is 1. The standard InChI is InChI=1S/C14H15BrN6/c1-7-4-9(5-8(2)10(7)15)19-13-11-12(18-6-17-11)20-14(16-3)21-13/h4-6H,1-3H3,(H3,16,17,18,19,20,21). The predicted octanol–water partition coefficient (Wildman–Crippen LogP) is 3.52. The lowest BCUT2D eigenvalue weighted by Crippen LogP contribution is -2.02. The van der Waals surface area contributed by atoms with Gasteiger partial charge < -0.3 is 15.6 Å². The summed E-state index contributed by atoms with van der Waals surface area (Å²) < 4.78 is 1.12. The molecular weight excluding hydrogens is 332 g/mol. The van der Waals surface area contributed by atoms with Gasteiger partial charge in [-0.15, -0.1) is 0 Å². The zero-order chi connectivity index (χ0) is 15.0. The van der Waals surface area contributed by atoms with Gasteiger partial charge in [0.1, 0.15) is 5.52 Å². The zero-order valence-electron chi connectivity index (χ0n) is 12.0. The topological polar surface area (TPSA) is 78.5 Å². The van der Waals surface area contributed by atoms with Crippen LogP contribution in [0.4, 0.5) is 17.5 Å². The minimum absolute atomic E-state index is 0.530. The Bertz CT molecular complexity index is 787. The first kappa shape index (κ1) is 13.8. The minimum atomic E-state index is 0.530. The highest BCUT2D eigenvalue weighted by atomic mass is 79.9. The molecule has 2 aromatic heterocycles. The molecule has 0 fully saturated rings. The maximum atomic E-state index is 4.45. The Morgan fingerprint density at radius 2 is 1.86 bits per heavy atom. The number of fused-ring (bicyclic) bond motifs is 1. The van der Waals surface area contributed by atoms with Gasteiger partial charge in [0, 0.05) is 17.2 Å². The van der Waals surface area contributed by atoms with E-state index in [1.807, 2.05) is 0 Å². The summed E-state index contributed by atoms with van der Waals surface area (Å²) in [4.78, 5) is 16.0. The van der Waals surface area contributed by atoms with Gasteiger partial charge in [-0.1, -0.05) is 15.9 Å². The average molecular weight is 347 g/mol. The number of halogens is 1. The molecule has 1 aromatic carbocycles. The molecule has 0 spiro atoms. The lowest BCUT2D eigenvalue weighted by atomic mass is 10.1. The number of benzene rings is 1. The number of imidazole rings is 1. The Kier molecular flexibility index (Phi) is 3.50. The number of nitrogens with zero attached hydrogens (tertiary/aromatic N) is 3. The molecule has 0 aliphatic heterocycles. The second-order valence-corrected chi connectivity index (χ2v) is 5.59. The molecule has 0 unspecified atom stereocenters. The van der Waals surface area contributed by atoms with Crippen molar-refractivity contribution in [2.75, 3.05) is 17.7 Å². The SMILES string of the molecule is CNc1nc(Nc2cc(C)c(Br)c(C)c2)c2[nH]cnc2n1. The summed E-state index contributed by atoms with van der Waals surface area (Å²) in [7, 11) is 1.78. The number of anilines is 3. The van der Waals surface area contributed by atoms with Crippen molar-refractivity contribution in [3.63, 3.8) is 0 Å². The van der Waals surface area contributed by atoms with E-state index in [4.69, 9.17) is 0 Å². The summed E-state index contributed by atoms with van der Waals surface area (Å²) in [6.45, 7) is 4.13. The van der Waals surface area contributed by atoms with Crippen LogP contribution in [0, 0.1) is 13.8 Å².